The number of aromatic amines is 1. The largest absolute Gasteiger partial charge is 0.462 e. The number of halogens is 1. The van der Waals surface area contributed by atoms with Gasteiger partial charge in [0, 0.05) is 29.9 Å². The van der Waals surface area contributed by atoms with Crippen molar-refractivity contribution in [3.05, 3.63) is 47.0 Å². The zero-order valence-electron chi connectivity index (χ0n) is 16.7. The van der Waals surface area contributed by atoms with Crippen molar-refractivity contribution < 1.29 is 23.5 Å². The lowest BCUT2D eigenvalue weighted by molar-refractivity contribution is -0.126. The SMILES string of the molecule is CCOC(=O)c1c(C)[nH]c(C(=O)C(=O)N2CCCCCC2)c1-c1ccccc1F. The summed E-state index contributed by atoms with van der Waals surface area (Å²) in [5.41, 5.74) is 0.502. The molecule has 0 unspecified atom stereocenters. The summed E-state index contributed by atoms with van der Waals surface area (Å²) >= 11 is 0. The number of ether oxygens (including phenoxy) is 1. The number of amides is 1. The standard InChI is InChI=1S/C22H25FN2O4/c1-3-29-22(28)17-14(2)24-19(18(17)15-10-6-7-11-16(15)23)20(26)21(27)25-12-8-4-5-9-13-25/h6-7,10-11,24H,3-5,8-9,12-13H2,1-2H3. The van der Waals surface area contributed by atoms with Crippen molar-refractivity contribution in [2.45, 2.75) is 39.5 Å². The second kappa shape index (κ2) is 9.03. The third-order valence-corrected chi connectivity index (χ3v) is 5.12. The third kappa shape index (κ3) is 4.23. The highest BCUT2D eigenvalue weighted by Gasteiger charge is 2.33. The second-order valence-electron chi connectivity index (χ2n) is 7.11. The number of ketones is 1. The summed E-state index contributed by atoms with van der Waals surface area (Å²) < 4.78 is 19.7. The fourth-order valence-electron chi connectivity index (χ4n) is 3.71. The molecule has 3 rings (SSSR count). The topological polar surface area (TPSA) is 79.5 Å². The second-order valence-corrected chi connectivity index (χ2v) is 7.11. The Morgan fingerprint density at radius 1 is 1.10 bits per heavy atom. The molecule has 1 aromatic carbocycles. The molecule has 2 heterocycles. The minimum absolute atomic E-state index is 0.0731. The van der Waals surface area contributed by atoms with E-state index < -0.39 is 23.5 Å². The number of hydrogen-bond acceptors (Lipinski definition) is 4. The molecular formula is C22H25FN2O4. The number of Topliss-reactive ketones (excluding diaryl/α,β-unsaturated/α-hetero) is 1. The van der Waals surface area contributed by atoms with Gasteiger partial charge >= 0.3 is 5.97 Å². The van der Waals surface area contributed by atoms with Crippen molar-refractivity contribution in [1.29, 1.82) is 0 Å². The third-order valence-electron chi connectivity index (χ3n) is 5.12. The molecule has 154 valence electrons. The molecule has 1 saturated heterocycles. The smallest absolute Gasteiger partial charge is 0.340 e. The number of aromatic nitrogens is 1. The number of carbonyl (C=O) groups is 3. The van der Waals surface area contributed by atoms with E-state index in [1.54, 1.807) is 24.8 Å². The van der Waals surface area contributed by atoms with Crippen molar-refractivity contribution >= 4 is 17.7 Å². The molecule has 0 atom stereocenters. The Morgan fingerprint density at radius 2 is 1.76 bits per heavy atom. The van der Waals surface area contributed by atoms with E-state index >= 15 is 0 Å². The summed E-state index contributed by atoms with van der Waals surface area (Å²) in [4.78, 5) is 42.9. The number of esters is 1. The molecule has 29 heavy (non-hydrogen) atoms. The first-order chi connectivity index (χ1) is 14.0. The fraction of sp³-hybridized carbons (Fsp3) is 0.409. The molecule has 0 radical (unpaired) electrons. The first kappa shape index (κ1) is 20.8. The van der Waals surface area contributed by atoms with Crippen LogP contribution in [-0.2, 0) is 9.53 Å². The fourth-order valence-corrected chi connectivity index (χ4v) is 3.71. The molecule has 0 bridgehead atoms. The molecule has 0 aliphatic carbocycles. The molecule has 1 aliphatic heterocycles. The van der Waals surface area contributed by atoms with E-state index in [1.807, 2.05) is 0 Å². The number of rotatable bonds is 5. The van der Waals surface area contributed by atoms with Crippen LogP contribution in [0.2, 0.25) is 0 Å². The molecule has 6 nitrogen and oxygen atoms in total. The van der Waals surface area contributed by atoms with Crippen LogP contribution in [-0.4, -0.2) is 47.2 Å². The number of nitrogens with one attached hydrogen (secondary N) is 1. The number of H-pyrrole nitrogens is 1. The molecule has 7 heteroatoms. The van der Waals surface area contributed by atoms with Gasteiger partial charge in [0.25, 0.3) is 11.7 Å². The summed E-state index contributed by atoms with van der Waals surface area (Å²) in [6.07, 6.45) is 3.73. The normalized spacial score (nSPS) is 14.4. The monoisotopic (exact) mass is 400 g/mol. The van der Waals surface area contributed by atoms with Crippen LogP contribution in [0.1, 0.15) is 59.1 Å². The van der Waals surface area contributed by atoms with E-state index in [0.29, 0.717) is 18.8 Å². The molecule has 1 aliphatic rings. The van der Waals surface area contributed by atoms with Crippen molar-refractivity contribution in [1.82, 2.24) is 9.88 Å². The number of carbonyl (C=O) groups excluding carboxylic acids is 3. The van der Waals surface area contributed by atoms with E-state index in [0.717, 1.165) is 25.7 Å². The van der Waals surface area contributed by atoms with Crippen molar-refractivity contribution in [2.75, 3.05) is 19.7 Å². The van der Waals surface area contributed by atoms with E-state index in [-0.39, 0.29) is 29.0 Å². The predicted molar refractivity (Wildman–Crippen MR) is 106 cm³/mol. The Kier molecular flexibility index (Phi) is 6.46. The van der Waals surface area contributed by atoms with E-state index in [2.05, 4.69) is 4.98 Å². The summed E-state index contributed by atoms with van der Waals surface area (Å²) in [5, 5.41) is 0. The summed E-state index contributed by atoms with van der Waals surface area (Å²) in [7, 11) is 0. The number of benzene rings is 1. The zero-order valence-corrected chi connectivity index (χ0v) is 16.7. The van der Waals surface area contributed by atoms with Gasteiger partial charge in [-0.1, -0.05) is 31.0 Å². The number of nitrogens with zero attached hydrogens (tertiary/aromatic N) is 1. The molecule has 1 fully saturated rings. The maximum absolute atomic E-state index is 14.6. The molecule has 1 amide bonds. The Morgan fingerprint density at radius 3 is 2.38 bits per heavy atom. The molecule has 2 aromatic rings. The van der Waals surface area contributed by atoms with E-state index in [9.17, 15) is 18.8 Å². The van der Waals surface area contributed by atoms with Crippen molar-refractivity contribution in [2.24, 2.45) is 0 Å². The van der Waals surface area contributed by atoms with Gasteiger partial charge < -0.3 is 14.6 Å². The molecule has 1 aromatic heterocycles. The van der Waals surface area contributed by atoms with Gasteiger partial charge in [-0.2, -0.15) is 0 Å². The molecule has 1 N–H and O–H groups in total. The molecular weight excluding hydrogens is 375 g/mol. The van der Waals surface area contributed by atoms with Crippen LogP contribution in [0.25, 0.3) is 11.1 Å². The molecule has 0 spiro atoms. The van der Waals surface area contributed by atoms with Gasteiger partial charge in [-0.15, -0.1) is 0 Å². The van der Waals surface area contributed by atoms with Crippen LogP contribution in [0, 0.1) is 12.7 Å². The number of likely N-dealkylation sites (tertiary alicyclic amines) is 1. The highest BCUT2D eigenvalue weighted by molar-refractivity contribution is 6.43. The van der Waals surface area contributed by atoms with Crippen LogP contribution >= 0.6 is 0 Å². The van der Waals surface area contributed by atoms with Crippen LogP contribution in [0.5, 0.6) is 0 Å². The van der Waals surface area contributed by atoms with Gasteiger partial charge in [0.05, 0.1) is 12.2 Å². The van der Waals surface area contributed by atoms with Crippen LogP contribution in [0.15, 0.2) is 24.3 Å². The van der Waals surface area contributed by atoms with Crippen molar-refractivity contribution in [3.8, 4) is 11.1 Å². The predicted octanol–water partition coefficient (Wildman–Crippen LogP) is 3.89. The number of aryl methyl sites for hydroxylation is 1. The van der Waals surface area contributed by atoms with Crippen LogP contribution < -0.4 is 0 Å². The quantitative estimate of drug-likeness (QED) is 0.469. The Bertz CT molecular complexity index is 927. The average molecular weight is 400 g/mol. The Labute approximate surface area is 169 Å². The summed E-state index contributed by atoms with van der Waals surface area (Å²) in [6, 6.07) is 5.86. The Balaban J connectivity index is 2.09. The lowest BCUT2D eigenvalue weighted by Gasteiger charge is -2.19. The highest BCUT2D eigenvalue weighted by Crippen LogP contribution is 2.33. The van der Waals surface area contributed by atoms with Crippen molar-refractivity contribution in [3.63, 3.8) is 0 Å². The van der Waals surface area contributed by atoms with E-state index in [4.69, 9.17) is 4.74 Å². The lowest BCUT2D eigenvalue weighted by Crippen LogP contribution is -2.37. The van der Waals surface area contributed by atoms with Crippen LogP contribution in [0.3, 0.4) is 0 Å². The Hall–Kier alpha value is -2.96. The van der Waals surface area contributed by atoms with Gasteiger partial charge in [-0.25, -0.2) is 9.18 Å². The van der Waals surface area contributed by atoms with E-state index in [1.165, 1.54) is 18.2 Å². The highest BCUT2D eigenvalue weighted by atomic mass is 19.1. The summed E-state index contributed by atoms with van der Waals surface area (Å²) in [6.45, 7) is 4.44. The van der Waals surface area contributed by atoms with Gasteiger partial charge in [-0.3, -0.25) is 9.59 Å². The van der Waals surface area contributed by atoms with Gasteiger partial charge in [0.1, 0.15) is 11.5 Å². The minimum Gasteiger partial charge on any atom is -0.462 e. The van der Waals surface area contributed by atoms with Gasteiger partial charge in [0.2, 0.25) is 0 Å². The zero-order chi connectivity index (χ0) is 21.0. The summed E-state index contributed by atoms with van der Waals surface area (Å²) in [5.74, 6) is -2.67. The average Bonchev–Trinajstić information content (AvgIpc) is 2.87. The van der Waals surface area contributed by atoms with Gasteiger partial charge in [0.15, 0.2) is 0 Å². The first-order valence-electron chi connectivity index (χ1n) is 9.93. The van der Waals surface area contributed by atoms with Gasteiger partial charge in [-0.05, 0) is 32.8 Å². The first-order valence-corrected chi connectivity index (χ1v) is 9.93. The lowest BCUT2D eigenvalue weighted by atomic mass is 9.97. The minimum atomic E-state index is -0.774. The van der Waals surface area contributed by atoms with Crippen LogP contribution in [0.4, 0.5) is 4.39 Å². The number of hydrogen-bond donors (Lipinski definition) is 1. The maximum Gasteiger partial charge on any atom is 0.340 e. The molecule has 0 saturated carbocycles. The maximum atomic E-state index is 14.6.